The van der Waals surface area contributed by atoms with E-state index >= 15 is 0 Å². The smallest absolute Gasteiger partial charge is 0.411 e. The maximum atomic E-state index is 13.1. The molecule has 1 unspecified atom stereocenters. The summed E-state index contributed by atoms with van der Waals surface area (Å²) in [6, 6.07) is 17.7. The van der Waals surface area contributed by atoms with Crippen molar-refractivity contribution in [2.24, 2.45) is 0 Å². The predicted molar refractivity (Wildman–Crippen MR) is 118 cm³/mol. The van der Waals surface area contributed by atoms with Crippen LogP contribution in [0.25, 0.3) is 11.5 Å². The number of aromatic nitrogens is 2. The van der Waals surface area contributed by atoms with Gasteiger partial charge in [-0.05, 0) is 37.1 Å². The van der Waals surface area contributed by atoms with Crippen LogP contribution in [0, 0.1) is 6.92 Å². The van der Waals surface area contributed by atoms with E-state index in [1.807, 2.05) is 68.4 Å². The molecule has 0 saturated carbocycles. The summed E-state index contributed by atoms with van der Waals surface area (Å²) in [5.41, 5.74) is 3.20. The van der Waals surface area contributed by atoms with Crippen LogP contribution in [0.4, 0.5) is 4.79 Å². The normalized spacial score (nSPS) is 19.7. The molecule has 2 atom stereocenters. The van der Waals surface area contributed by atoms with Crippen LogP contribution in [-0.2, 0) is 10.3 Å². The van der Waals surface area contributed by atoms with E-state index < -0.39 is 5.60 Å². The molecule has 0 bridgehead atoms. The standard InChI is InChI=1S/C25H27N3O3/c1-17(2)16-25(22-8-6-5-7-9-22)14-15-28(24(29)31-25)18(3)20-10-12-21(13-11-20)23-27-26-19(4)30-23/h5-13,18H,1,14-16H2,2-4H3/t18-,25?/m0/s1. The Hall–Kier alpha value is -3.41. The van der Waals surface area contributed by atoms with Gasteiger partial charge < -0.3 is 14.1 Å². The van der Waals surface area contributed by atoms with Crippen molar-refractivity contribution in [1.82, 2.24) is 15.1 Å². The lowest BCUT2D eigenvalue weighted by Crippen LogP contribution is -2.48. The third-order valence-corrected chi connectivity index (χ3v) is 5.79. The first kappa shape index (κ1) is 20.8. The fraction of sp³-hybridized carbons (Fsp3) is 0.320. The molecule has 0 radical (unpaired) electrons. The SMILES string of the molecule is C=C(C)CC1(c2ccccc2)CCN([C@@H](C)c2ccc(-c3nnc(C)o3)cc2)C(=O)O1. The van der Waals surface area contributed by atoms with Crippen LogP contribution in [-0.4, -0.2) is 27.7 Å². The lowest BCUT2D eigenvalue weighted by molar-refractivity contribution is -0.0602. The van der Waals surface area contributed by atoms with Crippen molar-refractivity contribution in [3.8, 4) is 11.5 Å². The van der Waals surface area contributed by atoms with E-state index in [4.69, 9.17) is 9.15 Å². The van der Waals surface area contributed by atoms with Crippen molar-refractivity contribution < 1.29 is 13.9 Å². The van der Waals surface area contributed by atoms with Gasteiger partial charge >= 0.3 is 6.09 Å². The molecule has 1 fully saturated rings. The largest absolute Gasteiger partial charge is 0.437 e. The highest BCUT2D eigenvalue weighted by atomic mass is 16.6. The minimum atomic E-state index is -0.667. The highest BCUT2D eigenvalue weighted by Gasteiger charge is 2.43. The van der Waals surface area contributed by atoms with Gasteiger partial charge in [-0.1, -0.05) is 54.6 Å². The summed E-state index contributed by atoms with van der Waals surface area (Å²) in [7, 11) is 0. The fourth-order valence-electron chi connectivity index (χ4n) is 4.18. The van der Waals surface area contributed by atoms with Gasteiger partial charge in [0.25, 0.3) is 0 Å². The van der Waals surface area contributed by atoms with Crippen molar-refractivity contribution in [3.05, 3.63) is 83.8 Å². The molecule has 1 aliphatic rings. The van der Waals surface area contributed by atoms with Crippen LogP contribution in [0.2, 0.25) is 0 Å². The van der Waals surface area contributed by atoms with Crippen LogP contribution in [0.1, 0.15) is 49.7 Å². The minimum Gasteiger partial charge on any atom is -0.437 e. The lowest BCUT2D eigenvalue weighted by atomic mass is 9.83. The van der Waals surface area contributed by atoms with E-state index in [0.29, 0.717) is 31.2 Å². The third-order valence-electron chi connectivity index (χ3n) is 5.79. The van der Waals surface area contributed by atoms with Gasteiger partial charge in [-0.15, -0.1) is 10.2 Å². The van der Waals surface area contributed by atoms with Gasteiger partial charge in [0.1, 0.15) is 5.60 Å². The number of rotatable bonds is 6. The Labute approximate surface area is 182 Å². The Morgan fingerprint density at radius 2 is 1.87 bits per heavy atom. The minimum absolute atomic E-state index is 0.121. The Balaban J connectivity index is 1.52. The molecule has 2 aromatic carbocycles. The summed E-state index contributed by atoms with van der Waals surface area (Å²) < 4.78 is 11.6. The summed E-state index contributed by atoms with van der Waals surface area (Å²) >= 11 is 0. The molecule has 6 heteroatoms. The Morgan fingerprint density at radius 1 is 1.16 bits per heavy atom. The summed E-state index contributed by atoms with van der Waals surface area (Å²) in [6.45, 7) is 10.4. The number of benzene rings is 2. The molecule has 2 heterocycles. The molecule has 160 valence electrons. The average molecular weight is 418 g/mol. The van der Waals surface area contributed by atoms with Crippen molar-refractivity contribution in [2.75, 3.05) is 6.54 Å². The van der Waals surface area contributed by atoms with Crippen LogP contribution in [0.15, 0.2) is 71.2 Å². The van der Waals surface area contributed by atoms with Gasteiger partial charge in [0, 0.05) is 31.9 Å². The van der Waals surface area contributed by atoms with Gasteiger partial charge in [0.15, 0.2) is 0 Å². The molecular formula is C25H27N3O3. The molecule has 0 spiro atoms. The number of carbonyl (C=O) groups is 1. The van der Waals surface area contributed by atoms with Crippen LogP contribution >= 0.6 is 0 Å². The highest BCUT2D eigenvalue weighted by Crippen LogP contribution is 2.41. The van der Waals surface area contributed by atoms with Crippen molar-refractivity contribution >= 4 is 6.09 Å². The first-order valence-corrected chi connectivity index (χ1v) is 10.5. The number of aryl methyl sites for hydroxylation is 1. The maximum Gasteiger partial charge on any atom is 0.411 e. The van der Waals surface area contributed by atoms with Gasteiger partial charge in [-0.25, -0.2) is 4.79 Å². The number of amides is 1. The molecule has 1 aliphatic heterocycles. The van der Waals surface area contributed by atoms with Gasteiger partial charge in [0.05, 0.1) is 6.04 Å². The van der Waals surface area contributed by atoms with Crippen LogP contribution < -0.4 is 0 Å². The molecular weight excluding hydrogens is 390 g/mol. The van der Waals surface area contributed by atoms with E-state index in [0.717, 1.165) is 22.3 Å². The van der Waals surface area contributed by atoms with Gasteiger partial charge in [-0.2, -0.15) is 0 Å². The quantitative estimate of drug-likeness (QED) is 0.473. The van der Waals surface area contributed by atoms with Crippen LogP contribution in [0.3, 0.4) is 0 Å². The molecule has 0 aliphatic carbocycles. The predicted octanol–water partition coefficient (Wildman–Crippen LogP) is 5.81. The molecule has 0 N–H and O–H groups in total. The van der Waals surface area contributed by atoms with Crippen molar-refractivity contribution in [1.29, 1.82) is 0 Å². The molecule has 4 rings (SSSR count). The summed E-state index contributed by atoms with van der Waals surface area (Å²) in [6.07, 6.45) is 1.02. The Morgan fingerprint density at radius 3 is 2.45 bits per heavy atom. The zero-order chi connectivity index (χ0) is 22.0. The summed E-state index contributed by atoms with van der Waals surface area (Å²) in [4.78, 5) is 14.9. The van der Waals surface area contributed by atoms with E-state index in [1.165, 1.54) is 0 Å². The highest BCUT2D eigenvalue weighted by molar-refractivity contribution is 5.70. The maximum absolute atomic E-state index is 13.1. The third kappa shape index (κ3) is 4.24. The zero-order valence-corrected chi connectivity index (χ0v) is 18.2. The molecule has 1 saturated heterocycles. The average Bonchev–Trinajstić information content (AvgIpc) is 3.20. The van der Waals surface area contributed by atoms with E-state index in [1.54, 1.807) is 11.8 Å². The second kappa shape index (κ2) is 8.38. The first-order chi connectivity index (χ1) is 14.9. The Kier molecular flexibility index (Phi) is 5.63. The molecule has 3 aromatic rings. The number of ether oxygens (including phenoxy) is 1. The fourth-order valence-corrected chi connectivity index (χ4v) is 4.18. The van der Waals surface area contributed by atoms with Crippen molar-refractivity contribution in [3.63, 3.8) is 0 Å². The summed E-state index contributed by atoms with van der Waals surface area (Å²) in [5, 5.41) is 7.92. The van der Waals surface area contributed by atoms with E-state index in [2.05, 4.69) is 16.8 Å². The molecule has 31 heavy (non-hydrogen) atoms. The number of hydrogen-bond acceptors (Lipinski definition) is 5. The number of carbonyl (C=O) groups excluding carboxylic acids is 1. The Bertz CT molecular complexity index is 1070. The molecule has 6 nitrogen and oxygen atoms in total. The van der Waals surface area contributed by atoms with Crippen LogP contribution in [0.5, 0.6) is 0 Å². The topological polar surface area (TPSA) is 68.5 Å². The lowest BCUT2D eigenvalue weighted by Gasteiger charge is -2.43. The van der Waals surface area contributed by atoms with Gasteiger partial charge in [-0.3, -0.25) is 0 Å². The van der Waals surface area contributed by atoms with E-state index in [-0.39, 0.29) is 12.1 Å². The second-order valence-corrected chi connectivity index (χ2v) is 8.23. The number of hydrogen-bond donors (Lipinski definition) is 0. The second-order valence-electron chi connectivity index (χ2n) is 8.23. The molecule has 1 aromatic heterocycles. The first-order valence-electron chi connectivity index (χ1n) is 10.5. The molecule has 1 amide bonds. The summed E-state index contributed by atoms with van der Waals surface area (Å²) in [5.74, 6) is 1.02. The van der Waals surface area contributed by atoms with E-state index in [9.17, 15) is 4.79 Å². The van der Waals surface area contributed by atoms with Gasteiger partial charge in [0.2, 0.25) is 11.8 Å². The number of cyclic esters (lactones) is 1. The zero-order valence-electron chi connectivity index (χ0n) is 18.2. The number of nitrogens with zero attached hydrogens (tertiary/aromatic N) is 3. The monoisotopic (exact) mass is 417 g/mol. The van der Waals surface area contributed by atoms with Crippen molar-refractivity contribution in [2.45, 2.75) is 45.3 Å².